The van der Waals surface area contributed by atoms with Crippen molar-refractivity contribution in [1.29, 1.82) is 0 Å². The van der Waals surface area contributed by atoms with Gasteiger partial charge in [0.05, 0.1) is 5.56 Å². The number of halogens is 4. The normalized spacial score (nSPS) is 12.7. The topological polar surface area (TPSA) is 12.0 Å². The van der Waals surface area contributed by atoms with Crippen molar-refractivity contribution in [3.63, 3.8) is 0 Å². The Morgan fingerprint density at radius 2 is 2.00 bits per heavy atom. The first-order chi connectivity index (χ1) is 9.90. The molecule has 0 amide bonds. The van der Waals surface area contributed by atoms with Crippen LogP contribution in [0.2, 0.25) is 0 Å². The second-order valence-electron chi connectivity index (χ2n) is 4.71. The predicted molar refractivity (Wildman–Crippen MR) is 75.1 cm³/mol. The zero-order valence-electron chi connectivity index (χ0n) is 12.1. The van der Waals surface area contributed by atoms with E-state index in [-0.39, 0.29) is 5.56 Å². The zero-order valence-corrected chi connectivity index (χ0v) is 12.1. The van der Waals surface area contributed by atoms with Crippen LogP contribution in [0.3, 0.4) is 0 Å². The third-order valence-corrected chi connectivity index (χ3v) is 3.07. The molecular formula is C16H19F4N. The van der Waals surface area contributed by atoms with Crippen molar-refractivity contribution >= 4 is 0 Å². The maximum Gasteiger partial charge on any atom is 0.416 e. The Bertz CT molecular complexity index is 511. The Kier molecular flexibility index (Phi) is 6.70. The van der Waals surface area contributed by atoms with E-state index in [1.165, 1.54) is 0 Å². The molecule has 1 aromatic carbocycles. The minimum Gasteiger partial charge on any atom is -0.310 e. The number of benzene rings is 1. The molecule has 1 unspecified atom stereocenters. The van der Waals surface area contributed by atoms with Gasteiger partial charge in [-0.05, 0) is 44.5 Å². The third kappa shape index (κ3) is 5.39. The Morgan fingerprint density at radius 3 is 2.57 bits per heavy atom. The SMILES string of the molecule is CC#CCCC(NCCC)c1cc(C(F)(F)F)ccc1F. The van der Waals surface area contributed by atoms with Gasteiger partial charge in [0, 0.05) is 18.0 Å². The summed E-state index contributed by atoms with van der Waals surface area (Å²) >= 11 is 0. The minimum absolute atomic E-state index is 0.0520. The van der Waals surface area contributed by atoms with Gasteiger partial charge in [-0.25, -0.2) is 4.39 Å². The molecule has 0 aliphatic rings. The van der Waals surface area contributed by atoms with E-state index in [0.717, 1.165) is 24.6 Å². The van der Waals surface area contributed by atoms with Crippen LogP contribution >= 0.6 is 0 Å². The third-order valence-electron chi connectivity index (χ3n) is 3.07. The van der Waals surface area contributed by atoms with E-state index in [2.05, 4.69) is 17.2 Å². The van der Waals surface area contributed by atoms with Gasteiger partial charge in [0.1, 0.15) is 5.82 Å². The maximum absolute atomic E-state index is 13.9. The van der Waals surface area contributed by atoms with Crippen LogP contribution in [0, 0.1) is 17.7 Å². The molecule has 0 fully saturated rings. The summed E-state index contributed by atoms with van der Waals surface area (Å²) in [6.45, 7) is 4.25. The first-order valence-electron chi connectivity index (χ1n) is 6.89. The summed E-state index contributed by atoms with van der Waals surface area (Å²) in [5.41, 5.74) is -0.778. The molecule has 1 nitrogen and oxygen atoms in total. The van der Waals surface area contributed by atoms with Crippen LogP contribution in [0.25, 0.3) is 0 Å². The van der Waals surface area contributed by atoms with Crippen LogP contribution in [0.15, 0.2) is 18.2 Å². The molecule has 5 heteroatoms. The highest BCUT2D eigenvalue weighted by Crippen LogP contribution is 2.32. The van der Waals surface area contributed by atoms with E-state index in [9.17, 15) is 17.6 Å². The van der Waals surface area contributed by atoms with Gasteiger partial charge in [-0.1, -0.05) is 6.92 Å². The van der Waals surface area contributed by atoms with Gasteiger partial charge in [0.2, 0.25) is 0 Å². The molecule has 1 atom stereocenters. The molecule has 0 radical (unpaired) electrons. The Hall–Kier alpha value is -1.54. The van der Waals surface area contributed by atoms with E-state index in [0.29, 0.717) is 19.4 Å². The van der Waals surface area contributed by atoms with Crippen LogP contribution < -0.4 is 5.32 Å². The number of rotatable bonds is 6. The highest BCUT2D eigenvalue weighted by molar-refractivity contribution is 5.29. The van der Waals surface area contributed by atoms with E-state index < -0.39 is 23.6 Å². The molecule has 0 spiro atoms. The molecule has 21 heavy (non-hydrogen) atoms. The maximum atomic E-state index is 13.9. The van der Waals surface area contributed by atoms with Gasteiger partial charge in [0.25, 0.3) is 0 Å². The van der Waals surface area contributed by atoms with Crippen molar-refractivity contribution in [1.82, 2.24) is 5.32 Å². The summed E-state index contributed by atoms with van der Waals surface area (Å²) in [6.07, 6.45) is -2.68. The fourth-order valence-electron chi connectivity index (χ4n) is 2.01. The molecule has 1 N–H and O–H groups in total. The molecule has 0 aliphatic heterocycles. The highest BCUT2D eigenvalue weighted by atomic mass is 19.4. The molecule has 1 aromatic rings. The monoisotopic (exact) mass is 301 g/mol. The van der Waals surface area contributed by atoms with E-state index in [1.54, 1.807) is 6.92 Å². The lowest BCUT2D eigenvalue weighted by atomic mass is 9.98. The fraction of sp³-hybridized carbons (Fsp3) is 0.500. The molecular weight excluding hydrogens is 282 g/mol. The lowest BCUT2D eigenvalue weighted by molar-refractivity contribution is -0.137. The minimum atomic E-state index is -4.47. The molecule has 0 aromatic heterocycles. The number of alkyl halides is 3. The summed E-state index contributed by atoms with van der Waals surface area (Å²) in [7, 11) is 0. The van der Waals surface area contributed by atoms with Gasteiger partial charge < -0.3 is 5.32 Å². The van der Waals surface area contributed by atoms with E-state index in [4.69, 9.17) is 0 Å². The molecule has 0 saturated carbocycles. The number of hydrogen-bond acceptors (Lipinski definition) is 1. The van der Waals surface area contributed by atoms with Crippen LogP contribution in [0.5, 0.6) is 0 Å². The number of nitrogens with one attached hydrogen (secondary N) is 1. The summed E-state index contributed by atoms with van der Waals surface area (Å²) in [5.74, 6) is 4.96. The van der Waals surface area contributed by atoms with Gasteiger partial charge in [-0.15, -0.1) is 11.8 Å². The van der Waals surface area contributed by atoms with Crippen molar-refractivity contribution in [2.45, 2.75) is 45.3 Å². The summed E-state index contributed by atoms with van der Waals surface area (Å²) < 4.78 is 52.2. The quantitative estimate of drug-likeness (QED) is 0.594. The van der Waals surface area contributed by atoms with Crippen molar-refractivity contribution < 1.29 is 17.6 Å². The van der Waals surface area contributed by atoms with Gasteiger partial charge in [0.15, 0.2) is 0 Å². The van der Waals surface area contributed by atoms with Crippen LogP contribution in [-0.2, 0) is 6.18 Å². The standard InChI is InChI=1S/C16H19F4N/c1-3-5-6-7-15(21-10-4-2)13-11-12(16(18,19)20)8-9-14(13)17/h8-9,11,15,21H,4,6-7,10H2,1-2H3. The van der Waals surface area contributed by atoms with Crippen LogP contribution in [-0.4, -0.2) is 6.54 Å². The van der Waals surface area contributed by atoms with Crippen LogP contribution in [0.4, 0.5) is 17.6 Å². The average Bonchev–Trinajstić information content (AvgIpc) is 2.42. The average molecular weight is 301 g/mol. The van der Waals surface area contributed by atoms with Crippen molar-refractivity contribution in [3.05, 3.63) is 35.1 Å². The molecule has 0 aliphatic carbocycles. The number of hydrogen-bond donors (Lipinski definition) is 1. The largest absolute Gasteiger partial charge is 0.416 e. The molecule has 116 valence electrons. The molecule has 0 saturated heterocycles. The fourth-order valence-corrected chi connectivity index (χ4v) is 2.01. The van der Waals surface area contributed by atoms with Gasteiger partial charge in [-0.2, -0.15) is 13.2 Å². The highest BCUT2D eigenvalue weighted by Gasteiger charge is 2.31. The Balaban J connectivity index is 3.05. The van der Waals surface area contributed by atoms with Crippen LogP contribution in [0.1, 0.15) is 50.3 Å². The summed E-state index contributed by atoms with van der Waals surface area (Å²) in [6, 6.07) is 2.07. The second kappa shape index (κ2) is 8.04. The first kappa shape index (κ1) is 17.5. The zero-order chi connectivity index (χ0) is 15.9. The Morgan fingerprint density at radius 1 is 1.29 bits per heavy atom. The van der Waals surface area contributed by atoms with Gasteiger partial charge in [-0.3, -0.25) is 0 Å². The van der Waals surface area contributed by atoms with E-state index >= 15 is 0 Å². The van der Waals surface area contributed by atoms with Gasteiger partial charge >= 0.3 is 6.18 Å². The summed E-state index contributed by atoms with van der Waals surface area (Å²) in [5, 5.41) is 3.09. The van der Waals surface area contributed by atoms with Crippen molar-refractivity contribution in [2.75, 3.05) is 6.54 Å². The Labute approximate surface area is 122 Å². The van der Waals surface area contributed by atoms with Crippen molar-refractivity contribution in [2.24, 2.45) is 0 Å². The summed E-state index contributed by atoms with van der Waals surface area (Å²) in [4.78, 5) is 0. The lowest BCUT2D eigenvalue weighted by Gasteiger charge is -2.20. The molecule has 0 bridgehead atoms. The predicted octanol–water partition coefficient (Wildman–Crippen LogP) is 4.69. The van der Waals surface area contributed by atoms with E-state index in [1.807, 2.05) is 6.92 Å². The second-order valence-corrected chi connectivity index (χ2v) is 4.71. The lowest BCUT2D eigenvalue weighted by Crippen LogP contribution is -2.23. The smallest absolute Gasteiger partial charge is 0.310 e. The molecule has 1 rings (SSSR count). The first-order valence-corrected chi connectivity index (χ1v) is 6.89. The molecule has 0 heterocycles. The van der Waals surface area contributed by atoms with Crippen molar-refractivity contribution in [3.8, 4) is 11.8 Å².